The molecule has 0 fully saturated rings. The maximum atomic E-state index is 13.5. The van der Waals surface area contributed by atoms with E-state index in [0.717, 1.165) is 0 Å². The summed E-state index contributed by atoms with van der Waals surface area (Å²) in [7, 11) is 0. The van der Waals surface area contributed by atoms with Crippen molar-refractivity contribution in [3.63, 3.8) is 0 Å². The zero-order valence-electron chi connectivity index (χ0n) is 11.2. The van der Waals surface area contributed by atoms with E-state index in [1.807, 2.05) is 0 Å². The van der Waals surface area contributed by atoms with Crippen LogP contribution in [0.3, 0.4) is 0 Å². The maximum Gasteiger partial charge on any atom is 0.414 e. The number of amides is 1. The van der Waals surface area contributed by atoms with Gasteiger partial charge in [-0.2, -0.15) is 0 Å². The molecular formula is C14H16FNO3. The first-order valence-electron chi connectivity index (χ1n) is 6.10. The van der Waals surface area contributed by atoms with Crippen LogP contribution in [-0.2, 0) is 11.2 Å². The smallest absolute Gasteiger partial charge is 0.414 e. The maximum absolute atomic E-state index is 13.5. The van der Waals surface area contributed by atoms with E-state index in [-0.39, 0.29) is 5.56 Å². The first-order valence-corrected chi connectivity index (χ1v) is 6.10. The van der Waals surface area contributed by atoms with Crippen LogP contribution >= 0.6 is 0 Å². The average molecular weight is 265 g/mol. The highest BCUT2D eigenvalue weighted by Crippen LogP contribution is 2.32. The van der Waals surface area contributed by atoms with Crippen molar-refractivity contribution in [1.82, 2.24) is 0 Å². The molecule has 1 aliphatic rings. The van der Waals surface area contributed by atoms with E-state index in [4.69, 9.17) is 4.74 Å². The Hall–Kier alpha value is -1.91. The number of hydrogen-bond acceptors (Lipinski definition) is 3. The number of carbonyl (C=O) groups excluding carboxylic acids is 2. The molecule has 1 aromatic rings. The molecule has 0 unspecified atom stereocenters. The highest BCUT2D eigenvalue weighted by atomic mass is 19.1. The van der Waals surface area contributed by atoms with Crippen LogP contribution in [0.1, 0.15) is 36.7 Å². The fourth-order valence-electron chi connectivity index (χ4n) is 2.12. The van der Waals surface area contributed by atoms with E-state index < -0.39 is 17.5 Å². The molecule has 102 valence electrons. The fourth-order valence-corrected chi connectivity index (χ4v) is 2.12. The van der Waals surface area contributed by atoms with Crippen molar-refractivity contribution in [2.24, 2.45) is 0 Å². The summed E-state index contributed by atoms with van der Waals surface area (Å²) in [5, 5.41) is 0. The van der Waals surface area contributed by atoms with Crippen LogP contribution in [0.2, 0.25) is 0 Å². The van der Waals surface area contributed by atoms with Gasteiger partial charge >= 0.3 is 6.09 Å². The Bertz CT molecular complexity index is 534. The fraction of sp³-hybridized carbons (Fsp3) is 0.429. The lowest BCUT2D eigenvalue weighted by Crippen LogP contribution is -2.35. The zero-order valence-corrected chi connectivity index (χ0v) is 11.2. The summed E-state index contributed by atoms with van der Waals surface area (Å²) < 4.78 is 18.8. The summed E-state index contributed by atoms with van der Waals surface area (Å²) in [5.74, 6) is -0.556. The predicted octanol–water partition coefficient (Wildman–Crippen LogP) is 2.94. The molecule has 4 nitrogen and oxygen atoms in total. The second kappa shape index (κ2) is 4.64. The SMILES string of the molecule is CC(C)(C)OC(=O)N1CCc2c1ccc(F)c2C=O. The van der Waals surface area contributed by atoms with Gasteiger partial charge in [0.05, 0.1) is 11.3 Å². The van der Waals surface area contributed by atoms with Crippen LogP contribution in [-0.4, -0.2) is 24.5 Å². The molecule has 19 heavy (non-hydrogen) atoms. The number of hydrogen-bond donors (Lipinski definition) is 0. The summed E-state index contributed by atoms with van der Waals surface area (Å²) in [4.78, 5) is 24.4. The summed E-state index contributed by atoms with van der Waals surface area (Å²) >= 11 is 0. The Morgan fingerprint density at radius 1 is 1.42 bits per heavy atom. The molecule has 0 N–H and O–H groups in total. The lowest BCUT2D eigenvalue weighted by atomic mass is 10.1. The Morgan fingerprint density at radius 2 is 2.11 bits per heavy atom. The zero-order chi connectivity index (χ0) is 14.2. The second-order valence-electron chi connectivity index (χ2n) is 5.46. The third-order valence-electron chi connectivity index (χ3n) is 2.89. The molecule has 1 aliphatic heterocycles. The monoisotopic (exact) mass is 265 g/mol. The lowest BCUT2D eigenvalue weighted by molar-refractivity contribution is 0.0584. The van der Waals surface area contributed by atoms with Crippen LogP contribution in [0.25, 0.3) is 0 Å². The highest BCUT2D eigenvalue weighted by molar-refractivity contribution is 5.93. The van der Waals surface area contributed by atoms with Crippen molar-refractivity contribution in [2.75, 3.05) is 11.4 Å². The molecule has 0 saturated carbocycles. The van der Waals surface area contributed by atoms with Gasteiger partial charge in [-0.15, -0.1) is 0 Å². The number of benzene rings is 1. The molecule has 0 aliphatic carbocycles. The first-order chi connectivity index (χ1) is 8.83. The van der Waals surface area contributed by atoms with Gasteiger partial charge in [0.1, 0.15) is 11.4 Å². The standard InChI is InChI=1S/C14H16FNO3/c1-14(2,3)19-13(18)16-7-6-9-10(8-17)11(15)4-5-12(9)16/h4-5,8H,6-7H2,1-3H3. The molecule has 0 aromatic heterocycles. The van der Waals surface area contributed by atoms with E-state index in [1.54, 1.807) is 20.8 Å². The van der Waals surface area contributed by atoms with Gasteiger partial charge in [-0.25, -0.2) is 9.18 Å². The lowest BCUT2D eigenvalue weighted by Gasteiger charge is -2.24. The number of halogens is 1. The third kappa shape index (κ3) is 2.59. The first kappa shape index (κ1) is 13.5. The van der Waals surface area contributed by atoms with E-state index in [9.17, 15) is 14.0 Å². The van der Waals surface area contributed by atoms with E-state index in [0.29, 0.717) is 30.5 Å². The van der Waals surface area contributed by atoms with Crippen LogP contribution in [0.4, 0.5) is 14.9 Å². The van der Waals surface area contributed by atoms with Crippen LogP contribution < -0.4 is 4.90 Å². The predicted molar refractivity (Wildman–Crippen MR) is 69.1 cm³/mol. The van der Waals surface area contributed by atoms with Gasteiger partial charge in [0.25, 0.3) is 0 Å². The summed E-state index contributed by atoms with van der Waals surface area (Å²) in [6.07, 6.45) is 0.474. The molecule has 0 spiro atoms. The van der Waals surface area contributed by atoms with Crippen molar-refractivity contribution >= 4 is 18.1 Å². The largest absolute Gasteiger partial charge is 0.443 e. The Labute approximate surface area is 111 Å². The van der Waals surface area contributed by atoms with Gasteiger partial charge in [-0.05, 0) is 44.9 Å². The van der Waals surface area contributed by atoms with Crippen molar-refractivity contribution < 1.29 is 18.7 Å². The molecule has 0 saturated heterocycles. The van der Waals surface area contributed by atoms with E-state index >= 15 is 0 Å². The van der Waals surface area contributed by atoms with Crippen molar-refractivity contribution in [2.45, 2.75) is 32.8 Å². The number of ether oxygens (including phenoxy) is 1. The van der Waals surface area contributed by atoms with Gasteiger partial charge in [-0.3, -0.25) is 9.69 Å². The van der Waals surface area contributed by atoms with E-state index in [2.05, 4.69) is 0 Å². The quantitative estimate of drug-likeness (QED) is 0.733. The molecule has 1 aromatic carbocycles. The molecule has 0 atom stereocenters. The summed E-state index contributed by atoms with van der Waals surface area (Å²) in [6.45, 7) is 5.74. The Morgan fingerprint density at radius 3 is 2.68 bits per heavy atom. The Kier molecular flexibility index (Phi) is 3.30. The molecule has 0 bridgehead atoms. The van der Waals surface area contributed by atoms with Gasteiger partial charge in [0.15, 0.2) is 6.29 Å². The highest BCUT2D eigenvalue weighted by Gasteiger charge is 2.31. The third-order valence-corrected chi connectivity index (χ3v) is 2.89. The second-order valence-corrected chi connectivity index (χ2v) is 5.46. The Balaban J connectivity index is 2.33. The molecular weight excluding hydrogens is 249 g/mol. The van der Waals surface area contributed by atoms with Crippen LogP contribution in [0.15, 0.2) is 12.1 Å². The molecule has 1 heterocycles. The number of nitrogens with zero attached hydrogens (tertiary/aromatic N) is 1. The van der Waals surface area contributed by atoms with Gasteiger partial charge in [0, 0.05) is 6.54 Å². The number of anilines is 1. The molecule has 2 rings (SSSR count). The minimum atomic E-state index is -0.590. The average Bonchev–Trinajstić information content (AvgIpc) is 2.70. The molecule has 1 amide bonds. The van der Waals surface area contributed by atoms with Gasteiger partial charge in [-0.1, -0.05) is 0 Å². The van der Waals surface area contributed by atoms with Crippen LogP contribution in [0, 0.1) is 5.82 Å². The van der Waals surface area contributed by atoms with Gasteiger partial charge < -0.3 is 4.74 Å². The van der Waals surface area contributed by atoms with Crippen molar-refractivity contribution in [1.29, 1.82) is 0 Å². The number of fused-ring (bicyclic) bond motifs is 1. The molecule has 0 radical (unpaired) electrons. The van der Waals surface area contributed by atoms with E-state index in [1.165, 1.54) is 17.0 Å². The minimum Gasteiger partial charge on any atom is -0.443 e. The van der Waals surface area contributed by atoms with Gasteiger partial charge in [0.2, 0.25) is 0 Å². The number of rotatable bonds is 1. The van der Waals surface area contributed by atoms with Crippen LogP contribution in [0.5, 0.6) is 0 Å². The number of aldehydes is 1. The summed E-state index contributed by atoms with van der Waals surface area (Å²) in [5.41, 5.74) is 0.565. The molecule has 5 heteroatoms. The minimum absolute atomic E-state index is 0.0311. The van der Waals surface area contributed by atoms with Crippen molar-refractivity contribution in [3.05, 3.63) is 29.1 Å². The summed E-state index contributed by atoms with van der Waals surface area (Å²) in [6, 6.07) is 2.71. The normalized spacial score (nSPS) is 14.2. The number of carbonyl (C=O) groups is 2. The topological polar surface area (TPSA) is 46.6 Å². The van der Waals surface area contributed by atoms with Crippen molar-refractivity contribution in [3.8, 4) is 0 Å².